The summed E-state index contributed by atoms with van der Waals surface area (Å²) in [5, 5.41) is 4.67. The number of halogens is 1. The van der Waals surface area contributed by atoms with Crippen LogP contribution in [0, 0.1) is 0 Å². The first-order valence-electron chi connectivity index (χ1n) is 9.06. The predicted molar refractivity (Wildman–Crippen MR) is 109 cm³/mol. The monoisotopic (exact) mass is 380 g/mol. The van der Waals surface area contributed by atoms with E-state index in [9.17, 15) is 4.79 Å². The molecular weight excluding hydrogens is 360 g/mol. The second-order valence-corrected chi connectivity index (χ2v) is 7.08. The fourth-order valence-corrected chi connectivity index (χ4v) is 3.53. The Bertz CT molecular complexity index is 939. The molecule has 2 amide bonds. The summed E-state index contributed by atoms with van der Waals surface area (Å²) in [6.45, 7) is 3.81. The SMILES string of the molecule is O=C(Nc1ccccc1)N1CCN(Cc2ccc3cccc(Cl)c3n2)CC1. The Hall–Kier alpha value is -2.63. The smallest absolute Gasteiger partial charge is 0.321 e. The summed E-state index contributed by atoms with van der Waals surface area (Å²) in [6, 6.07) is 19.4. The molecule has 1 aromatic heterocycles. The van der Waals surface area contributed by atoms with Crippen molar-refractivity contribution >= 4 is 34.2 Å². The molecule has 1 aliphatic rings. The van der Waals surface area contributed by atoms with Gasteiger partial charge < -0.3 is 10.2 Å². The number of urea groups is 1. The molecule has 2 aromatic carbocycles. The molecule has 4 rings (SSSR count). The molecule has 1 N–H and O–H groups in total. The van der Waals surface area contributed by atoms with Crippen LogP contribution in [0.1, 0.15) is 5.69 Å². The third kappa shape index (κ3) is 4.21. The number of rotatable bonds is 3. The Labute approximate surface area is 163 Å². The van der Waals surface area contributed by atoms with Crippen molar-refractivity contribution < 1.29 is 4.79 Å². The molecule has 0 aliphatic carbocycles. The highest BCUT2D eigenvalue weighted by Gasteiger charge is 2.21. The van der Waals surface area contributed by atoms with E-state index in [-0.39, 0.29) is 6.03 Å². The van der Waals surface area contributed by atoms with Gasteiger partial charge in [0, 0.05) is 43.8 Å². The molecule has 1 aliphatic heterocycles. The lowest BCUT2D eigenvalue weighted by Gasteiger charge is -2.34. The molecule has 27 heavy (non-hydrogen) atoms. The first kappa shape index (κ1) is 17.8. The Kier molecular flexibility index (Phi) is 5.23. The second-order valence-electron chi connectivity index (χ2n) is 6.67. The minimum Gasteiger partial charge on any atom is -0.322 e. The Morgan fingerprint density at radius 1 is 0.963 bits per heavy atom. The van der Waals surface area contributed by atoms with Gasteiger partial charge in [0.15, 0.2) is 0 Å². The molecule has 0 unspecified atom stereocenters. The summed E-state index contributed by atoms with van der Waals surface area (Å²) >= 11 is 6.27. The topological polar surface area (TPSA) is 48.5 Å². The average Bonchev–Trinajstić information content (AvgIpc) is 2.70. The molecule has 1 fully saturated rings. The van der Waals surface area contributed by atoms with Gasteiger partial charge >= 0.3 is 6.03 Å². The van der Waals surface area contributed by atoms with Gasteiger partial charge in [0.05, 0.1) is 16.2 Å². The van der Waals surface area contributed by atoms with Crippen LogP contribution in [0.3, 0.4) is 0 Å². The summed E-state index contributed by atoms with van der Waals surface area (Å²) in [6.07, 6.45) is 0. The molecule has 2 heterocycles. The fraction of sp³-hybridized carbons (Fsp3) is 0.238. The number of pyridine rings is 1. The van der Waals surface area contributed by atoms with E-state index in [1.165, 1.54) is 0 Å². The third-order valence-corrected chi connectivity index (χ3v) is 5.10. The molecule has 1 saturated heterocycles. The van der Waals surface area contributed by atoms with E-state index in [2.05, 4.69) is 16.3 Å². The Balaban J connectivity index is 1.34. The highest BCUT2D eigenvalue weighted by molar-refractivity contribution is 6.35. The van der Waals surface area contributed by atoms with Crippen molar-refractivity contribution in [2.24, 2.45) is 0 Å². The number of carbonyl (C=O) groups is 1. The summed E-state index contributed by atoms with van der Waals surface area (Å²) in [5.41, 5.74) is 2.66. The molecule has 6 heteroatoms. The Morgan fingerprint density at radius 3 is 2.52 bits per heavy atom. The number of anilines is 1. The van der Waals surface area contributed by atoms with Crippen molar-refractivity contribution in [1.29, 1.82) is 0 Å². The fourth-order valence-electron chi connectivity index (χ4n) is 3.30. The minimum absolute atomic E-state index is 0.0449. The molecule has 0 atom stereocenters. The summed E-state index contributed by atoms with van der Waals surface area (Å²) in [7, 11) is 0. The van der Waals surface area contributed by atoms with E-state index >= 15 is 0 Å². The van der Waals surface area contributed by atoms with Gasteiger partial charge in [-0.3, -0.25) is 4.90 Å². The van der Waals surface area contributed by atoms with Crippen molar-refractivity contribution in [2.75, 3.05) is 31.5 Å². The predicted octanol–water partition coefficient (Wildman–Crippen LogP) is 4.24. The lowest BCUT2D eigenvalue weighted by Crippen LogP contribution is -2.49. The standard InChI is InChI=1S/C21H21ClN4O/c22-19-8-4-5-16-9-10-18(23-20(16)19)15-25-11-13-26(14-12-25)21(27)24-17-6-2-1-3-7-17/h1-10H,11-15H2,(H,24,27). The van der Waals surface area contributed by atoms with Crippen LogP contribution in [0.25, 0.3) is 10.9 Å². The summed E-state index contributed by atoms with van der Waals surface area (Å²) < 4.78 is 0. The van der Waals surface area contributed by atoms with Gasteiger partial charge in [-0.25, -0.2) is 9.78 Å². The maximum Gasteiger partial charge on any atom is 0.321 e. The quantitative estimate of drug-likeness (QED) is 0.739. The van der Waals surface area contributed by atoms with Gasteiger partial charge in [0.25, 0.3) is 0 Å². The van der Waals surface area contributed by atoms with Gasteiger partial charge in [0.2, 0.25) is 0 Å². The normalized spacial score (nSPS) is 15.1. The maximum absolute atomic E-state index is 12.4. The first-order chi connectivity index (χ1) is 13.2. The van der Waals surface area contributed by atoms with E-state index in [0.29, 0.717) is 18.1 Å². The van der Waals surface area contributed by atoms with Gasteiger partial charge in [0.1, 0.15) is 0 Å². The number of piperazine rings is 1. The van der Waals surface area contributed by atoms with E-state index < -0.39 is 0 Å². The second kappa shape index (κ2) is 7.94. The van der Waals surface area contributed by atoms with Crippen LogP contribution in [0.15, 0.2) is 60.7 Å². The number of amides is 2. The number of hydrogen-bond donors (Lipinski definition) is 1. The van der Waals surface area contributed by atoms with E-state index in [1.807, 2.05) is 59.5 Å². The molecule has 0 radical (unpaired) electrons. The van der Waals surface area contributed by atoms with E-state index in [4.69, 9.17) is 16.6 Å². The van der Waals surface area contributed by atoms with E-state index in [1.54, 1.807) is 0 Å². The van der Waals surface area contributed by atoms with Crippen LogP contribution in [-0.2, 0) is 6.54 Å². The van der Waals surface area contributed by atoms with Crippen LogP contribution in [0.2, 0.25) is 5.02 Å². The zero-order valence-corrected chi connectivity index (χ0v) is 15.7. The minimum atomic E-state index is -0.0449. The molecule has 0 saturated carbocycles. The third-order valence-electron chi connectivity index (χ3n) is 4.80. The lowest BCUT2D eigenvalue weighted by molar-refractivity contribution is 0.142. The van der Waals surface area contributed by atoms with Crippen molar-refractivity contribution in [2.45, 2.75) is 6.54 Å². The van der Waals surface area contributed by atoms with Gasteiger partial charge in [-0.05, 0) is 24.3 Å². The largest absolute Gasteiger partial charge is 0.322 e. The highest BCUT2D eigenvalue weighted by Crippen LogP contribution is 2.22. The van der Waals surface area contributed by atoms with Crippen LogP contribution in [-0.4, -0.2) is 47.0 Å². The van der Waals surface area contributed by atoms with Crippen molar-refractivity contribution in [3.63, 3.8) is 0 Å². The van der Waals surface area contributed by atoms with E-state index in [0.717, 1.165) is 41.9 Å². The first-order valence-corrected chi connectivity index (χ1v) is 9.44. The molecule has 5 nitrogen and oxygen atoms in total. The molecule has 3 aromatic rings. The number of carbonyl (C=O) groups excluding carboxylic acids is 1. The number of nitrogens with zero attached hydrogens (tertiary/aromatic N) is 3. The average molecular weight is 381 g/mol. The zero-order valence-electron chi connectivity index (χ0n) is 14.9. The highest BCUT2D eigenvalue weighted by atomic mass is 35.5. The number of fused-ring (bicyclic) bond motifs is 1. The van der Waals surface area contributed by atoms with Gasteiger partial charge in [-0.2, -0.15) is 0 Å². The molecule has 0 bridgehead atoms. The van der Waals surface area contributed by atoms with Crippen LogP contribution in [0.4, 0.5) is 10.5 Å². The molecular formula is C21H21ClN4O. The van der Waals surface area contributed by atoms with Crippen LogP contribution >= 0.6 is 11.6 Å². The number of benzene rings is 2. The van der Waals surface area contributed by atoms with Crippen molar-refractivity contribution in [1.82, 2.24) is 14.8 Å². The van der Waals surface area contributed by atoms with Gasteiger partial charge in [-0.1, -0.05) is 48.0 Å². The van der Waals surface area contributed by atoms with Gasteiger partial charge in [-0.15, -0.1) is 0 Å². The van der Waals surface area contributed by atoms with Crippen molar-refractivity contribution in [3.05, 3.63) is 71.4 Å². The number of aromatic nitrogens is 1. The zero-order chi connectivity index (χ0) is 18.6. The lowest BCUT2D eigenvalue weighted by atomic mass is 10.2. The van der Waals surface area contributed by atoms with Crippen LogP contribution < -0.4 is 5.32 Å². The molecule has 138 valence electrons. The van der Waals surface area contributed by atoms with Crippen LogP contribution in [0.5, 0.6) is 0 Å². The maximum atomic E-state index is 12.4. The molecule has 0 spiro atoms. The Morgan fingerprint density at radius 2 is 1.74 bits per heavy atom. The number of nitrogens with one attached hydrogen (secondary N) is 1. The summed E-state index contributed by atoms with van der Waals surface area (Å²) in [5.74, 6) is 0. The van der Waals surface area contributed by atoms with Crippen molar-refractivity contribution in [3.8, 4) is 0 Å². The number of para-hydroxylation sites is 2. The number of hydrogen-bond acceptors (Lipinski definition) is 3. The summed E-state index contributed by atoms with van der Waals surface area (Å²) in [4.78, 5) is 21.3.